The van der Waals surface area contributed by atoms with E-state index < -0.39 is 0 Å². The van der Waals surface area contributed by atoms with Crippen molar-refractivity contribution in [2.45, 2.75) is 6.10 Å². The number of ether oxygens (including phenoxy) is 2. The Morgan fingerprint density at radius 3 is 3.08 bits per heavy atom. The Bertz CT molecular complexity index is 642. The van der Waals surface area contributed by atoms with E-state index in [1.165, 1.54) is 0 Å². The summed E-state index contributed by atoms with van der Waals surface area (Å²) < 4.78 is 16.1. The molecular weight excluding hydrogens is 310 g/mol. The Morgan fingerprint density at radius 1 is 1.46 bits per heavy atom. The number of anilines is 1. The number of carbonyl (C=O) groups is 1. The number of methoxy groups -OCH3 is 1. The zero-order chi connectivity index (χ0) is 16.8. The van der Waals surface area contributed by atoms with Crippen molar-refractivity contribution in [3.05, 3.63) is 48.0 Å². The number of morpholine rings is 1. The Hall–Kier alpha value is -2.38. The Kier molecular flexibility index (Phi) is 5.45. The van der Waals surface area contributed by atoms with Gasteiger partial charge in [-0.25, -0.2) is 4.98 Å². The summed E-state index contributed by atoms with van der Waals surface area (Å²) in [5.41, 5.74) is 0.533. The van der Waals surface area contributed by atoms with Gasteiger partial charge in [0.15, 0.2) is 0 Å². The number of nitrogens with one attached hydrogen (secondary N) is 1. The van der Waals surface area contributed by atoms with E-state index in [1.54, 1.807) is 25.6 Å². The minimum Gasteiger partial charge on any atom is -0.467 e. The lowest BCUT2D eigenvalue weighted by Crippen LogP contribution is -2.38. The first kappa shape index (κ1) is 16.5. The largest absolute Gasteiger partial charge is 0.467 e. The summed E-state index contributed by atoms with van der Waals surface area (Å²) in [5, 5.41) is 2.77. The topological polar surface area (TPSA) is 76.8 Å². The first-order valence-corrected chi connectivity index (χ1v) is 7.91. The molecule has 0 bridgehead atoms. The first-order chi connectivity index (χ1) is 11.8. The summed E-state index contributed by atoms with van der Waals surface area (Å²) >= 11 is 0. The van der Waals surface area contributed by atoms with Gasteiger partial charge in [0.05, 0.1) is 31.6 Å². The van der Waals surface area contributed by atoms with Crippen LogP contribution in [0.5, 0.6) is 0 Å². The van der Waals surface area contributed by atoms with Gasteiger partial charge in [-0.3, -0.25) is 4.79 Å². The molecular formula is C17H21N3O4. The molecule has 1 unspecified atom stereocenters. The second kappa shape index (κ2) is 7.94. The molecule has 1 amide bonds. The maximum atomic E-state index is 12.0. The van der Waals surface area contributed by atoms with Crippen molar-refractivity contribution in [3.63, 3.8) is 0 Å². The Morgan fingerprint density at radius 2 is 2.38 bits per heavy atom. The number of hydrogen-bond acceptors (Lipinski definition) is 6. The van der Waals surface area contributed by atoms with Gasteiger partial charge in [0.25, 0.3) is 5.91 Å². The third kappa shape index (κ3) is 3.93. The van der Waals surface area contributed by atoms with Gasteiger partial charge in [-0.15, -0.1) is 0 Å². The molecule has 2 aromatic heterocycles. The van der Waals surface area contributed by atoms with Crippen LogP contribution in [0.3, 0.4) is 0 Å². The van der Waals surface area contributed by atoms with Crippen LogP contribution in [-0.2, 0) is 9.47 Å². The van der Waals surface area contributed by atoms with E-state index >= 15 is 0 Å². The predicted molar refractivity (Wildman–Crippen MR) is 88.1 cm³/mol. The predicted octanol–water partition coefficient (Wildman–Crippen LogP) is 1.63. The van der Waals surface area contributed by atoms with Gasteiger partial charge in [0.1, 0.15) is 17.7 Å². The van der Waals surface area contributed by atoms with Crippen molar-refractivity contribution in [3.8, 4) is 0 Å². The number of rotatable bonds is 6. The quantitative estimate of drug-likeness (QED) is 0.811. The van der Waals surface area contributed by atoms with Gasteiger partial charge in [0, 0.05) is 26.4 Å². The van der Waals surface area contributed by atoms with E-state index in [0.717, 1.165) is 18.1 Å². The molecule has 0 aliphatic carbocycles. The fourth-order valence-electron chi connectivity index (χ4n) is 2.58. The van der Waals surface area contributed by atoms with Crippen LogP contribution >= 0.6 is 0 Å². The van der Waals surface area contributed by atoms with E-state index in [4.69, 9.17) is 13.9 Å². The SMILES string of the molecule is COCCNC(=O)c1ccc(N2CCOC(c3ccco3)C2)nc1. The van der Waals surface area contributed by atoms with E-state index in [9.17, 15) is 4.79 Å². The molecule has 1 aliphatic heterocycles. The molecule has 7 nitrogen and oxygen atoms in total. The minimum atomic E-state index is -0.151. The lowest BCUT2D eigenvalue weighted by molar-refractivity contribution is 0.0255. The zero-order valence-corrected chi connectivity index (χ0v) is 13.6. The van der Waals surface area contributed by atoms with Gasteiger partial charge in [-0.05, 0) is 24.3 Å². The number of carbonyl (C=O) groups excluding carboxylic acids is 1. The van der Waals surface area contributed by atoms with Crippen molar-refractivity contribution in [2.24, 2.45) is 0 Å². The number of pyridine rings is 1. The molecule has 3 rings (SSSR count). The molecule has 0 radical (unpaired) electrons. The molecule has 0 saturated carbocycles. The molecule has 0 aromatic carbocycles. The maximum absolute atomic E-state index is 12.0. The molecule has 1 aliphatic rings. The lowest BCUT2D eigenvalue weighted by atomic mass is 10.2. The molecule has 1 fully saturated rings. The van der Waals surface area contributed by atoms with E-state index in [1.807, 2.05) is 18.2 Å². The van der Waals surface area contributed by atoms with Crippen LogP contribution in [0.25, 0.3) is 0 Å². The summed E-state index contributed by atoms with van der Waals surface area (Å²) in [6.45, 7) is 2.99. The average Bonchev–Trinajstić information content (AvgIpc) is 3.17. The van der Waals surface area contributed by atoms with Crippen molar-refractivity contribution < 1.29 is 18.7 Å². The molecule has 24 heavy (non-hydrogen) atoms. The maximum Gasteiger partial charge on any atom is 0.252 e. The van der Waals surface area contributed by atoms with Crippen LogP contribution in [0.1, 0.15) is 22.2 Å². The molecule has 2 aromatic rings. The van der Waals surface area contributed by atoms with Crippen LogP contribution in [0.15, 0.2) is 41.1 Å². The first-order valence-electron chi connectivity index (χ1n) is 7.91. The highest BCUT2D eigenvalue weighted by atomic mass is 16.5. The van der Waals surface area contributed by atoms with Gasteiger partial charge in [-0.1, -0.05) is 0 Å². The van der Waals surface area contributed by atoms with Crippen molar-refractivity contribution in [2.75, 3.05) is 44.9 Å². The summed E-state index contributed by atoms with van der Waals surface area (Å²) in [6.07, 6.45) is 3.13. The monoisotopic (exact) mass is 331 g/mol. The van der Waals surface area contributed by atoms with Crippen molar-refractivity contribution in [1.29, 1.82) is 0 Å². The van der Waals surface area contributed by atoms with Crippen molar-refractivity contribution >= 4 is 11.7 Å². The van der Waals surface area contributed by atoms with Crippen LogP contribution in [0.2, 0.25) is 0 Å². The average molecular weight is 331 g/mol. The van der Waals surface area contributed by atoms with Gasteiger partial charge < -0.3 is 24.1 Å². The number of amides is 1. The molecule has 7 heteroatoms. The normalized spacial score (nSPS) is 17.7. The van der Waals surface area contributed by atoms with Gasteiger partial charge in [-0.2, -0.15) is 0 Å². The molecule has 1 saturated heterocycles. The second-order valence-electron chi connectivity index (χ2n) is 5.47. The number of aromatic nitrogens is 1. The van der Waals surface area contributed by atoms with Crippen LogP contribution in [-0.4, -0.2) is 50.8 Å². The smallest absolute Gasteiger partial charge is 0.252 e. The number of nitrogens with zero attached hydrogens (tertiary/aromatic N) is 2. The van der Waals surface area contributed by atoms with Gasteiger partial charge >= 0.3 is 0 Å². The van der Waals surface area contributed by atoms with Crippen LogP contribution in [0.4, 0.5) is 5.82 Å². The Labute approximate surface area is 140 Å². The minimum absolute atomic E-state index is 0.104. The summed E-state index contributed by atoms with van der Waals surface area (Å²) in [7, 11) is 1.60. The fraction of sp³-hybridized carbons (Fsp3) is 0.412. The summed E-state index contributed by atoms with van der Waals surface area (Å²) in [4.78, 5) is 18.5. The summed E-state index contributed by atoms with van der Waals surface area (Å²) in [6, 6.07) is 7.40. The molecule has 128 valence electrons. The third-order valence-electron chi connectivity index (χ3n) is 3.85. The highest BCUT2D eigenvalue weighted by molar-refractivity contribution is 5.94. The van der Waals surface area contributed by atoms with E-state index in [-0.39, 0.29) is 12.0 Å². The zero-order valence-electron chi connectivity index (χ0n) is 13.6. The van der Waals surface area contributed by atoms with E-state index in [0.29, 0.717) is 31.9 Å². The lowest BCUT2D eigenvalue weighted by Gasteiger charge is -2.32. The third-order valence-corrected chi connectivity index (χ3v) is 3.85. The van der Waals surface area contributed by atoms with Gasteiger partial charge in [0.2, 0.25) is 0 Å². The fourth-order valence-corrected chi connectivity index (χ4v) is 2.58. The highest BCUT2D eigenvalue weighted by Crippen LogP contribution is 2.25. The highest BCUT2D eigenvalue weighted by Gasteiger charge is 2.24. The summed E-state index contributed by atoms with van der Waals surface area (Å²) in [5.74, 6) is 1.48. The second-order valence-corrected chi connectivity index (χ2v) is 5.47. The van der Waals surface area contributed by atoms with Crippen molar-refractivity contribution in [1.82, 2.24) is 10.3 Å². The standard InChI is InChI=1S/C17H21N3O4/c1-22-9-6-18-17(21)13-4-5-16(19-11-13)20-7-10-24-15(12-20)14-3-2-8-23-14/h2-5,8,11,15H,6-7,9-10,12H2,1H3,(H,18,21). The molecule has 1 atom stereocenters. The molecule has 3 heterocycles. The molecule has 1 N–H and O–H groups in total. The Balaban J connectivity index is 1.61. The van der Waals surface area contributed by atoms with Crippen LogP contribution < -0.4 is 10.2 Å². The number of furan rings is 1. The number of hydrogen-bond donors (Lipinski definition) is 1. The van der Waals surface area contributed by atoms with Crippen LogP contribution in [0, 0.1) is 0 Å². The molecule has 0 spiro atoms. The van der Waals surface area contributed by atoms with E-state index in [2.05, 4.69) is 15.2 Å².